The summed E-state index contributed by atoms with van der Waals surface area (Å²) in [5, 5.41) is 12.8. The first-order valence-electron chi connectivity index (χ1n) is 6.74. The second-order valence-corrected chi connectivity index (χ2v) is 5.40. The topological polar surface area (TPSA) is 60.0 Å². The van der Waals surface area contributed by atoms with E-state index in [-0.39, 0.29) is 6.04 Å². The molecule has 1 unspecified atom stereocenters. The van der Waals surface area contributed by atoms with Crippen molar-refractivity contribution in [2.45, 2.75) is 19.4 Å². The molecule has 0 spiro atoms. The van der Waals surface area contributed by atoms with Gasteiger partial charge >= 0.3 is 0 Å². The fourth-order valence-corrected chi connectivity index (χ4v) is 2.82. The van der Waals surface area contributed by atoms with Gasteiger partial charge in [-0.15, -0.1) is 0 Å². The van der Waals surface area contributed by atoms with Gasteiger partial charge in [0.25, 0.3) is 0 Å². The Hall–Kier alpha value is -1.92. The largest absolute Gasteiger partial charge is 0.313 e. The van der Waals surface area contributed by atoms with E-state index in [1.54, 1.807) is 6.20 Å². The molecule has 3 aromatic rings. The fraction of sp³-hybridized carbons (Fsp3) is 0.357. The van der Waals surface area contributed by atoms with Crippen LogP contribution in [0.25, 0.3) is 5.52 Å². The van der Waals surface area contributed by atoms with Crippen LogP contribution in [0.4, 0.5) is 0 Å². The summed E-state index contributed by atoms with van der Waals surface area (Å²) < 4.78 is 3.66. The Labute approximate surface area is 127 Å². The molecule has 0 amide bonds. The molecule has 0 aromatic carbocycles. The van der Waals surface area contributed by atoms with E-state index in [9.17, 15) is 0 Å². The Morgan fingerprint density at radius 2 is 2.19 bits per heavy atom. The van der Waals surface area contributed by atoms with Gasteiger partial charge in [0.05, 0.1) is 34.3 Å². The van der Waals surface area contributed by atoms with Crippen LogP contribution >= 0.6 is 11.6 Å². The maximum atomic E-state index is 6.35. The van der Waals surface area contributed by atoms with Gasteiger partial charge in [-0.3, -0.25) is 9.67 Å². The van der Waals surface area contributed by atoms with Crippen molar-refractivity contribution >= 4 is 17.1 Å². The molecule has 110 valence electrons. The van der Waals surface area contributed by atoms with Crippen LogP contribution in [0.15, 0.2) is 24.8 Å². The predicted molar refractivity (Wildman–Crippen MR) is 81.4 cm³/mol. The molecule has 3 aromatic heterocycles. The molecule has 3 rings (SSSR count). The molecular weight excluding hydrogens is 288 g/mol. The highest BCUT2D eigenvalue weighted by Gasteiger charge is 2.20. The number of rotatable bonds is 4. The van der Waals surface area contributed by atoms with Gasteiger partial charge in [0.15, 0.2) is 0 Å². The van der Waals surface area contributed by atoms with Crippen LogP contribution in [0.1, 0.15) is 23.0 Å². The zero-order valence-corrected chi connectivity index (χ0v) is 13.0. The fourth-order valence-electron chi connectivity index (χ4n) is 2.58. The summed E-state index contributed by atoms with van der Waals surface area (Å²) in [7, 11) is 3.85. The average molecular weight is 305 g/mol. The van der Waals surface area contributed by atoms with Crippen molar-refractivity contribution < 1.29 is 0 Å². The number of nitrogens with zero attached hydrogens (tertiary/aromatic N) is 5. The van der Waals surface area contributed by atoms with E-state index < -0.39 is 0 Å². The number of aryl methyl sites for hydroxylation is 2. The molecule has 0 saturated heterocycles. The first-order valence-corrected chi connectivity index (χ1v) is 7.12. The summed E-state index contributed by atoms with van der Waals surface area (Å²) >= 11 is 6.35. The standard InChI is InChI=1S/C14H17ClN6/c1-9-14(15)12(20(3)19-9)6-11(16-2)10-7-18-21-5-4-17-8-13(10)21/h4-5,7-8,11,16H,6H2,1-3H3. The summed E-state index contributed by atoms with van der Waals surface area (Å²) in [5.41, 5.74) is 3.95. The third-order valence-corrected chi connectivity index (χ3v) is 4.23. The Morgan fingerprint density at radius 1 is 1.38 bits per heavy atom. The van der Waals surface area contributed by atoms with E-state index in [1.165, 1.54) is 0 Å². The SMILES string of the molecule is CNC(Cc1c(Cl)c(C)nn1C)c1cnn2ccncc12. The highest BCUT2D eigenvalue weighted by Crippen LogP contribution is 2.27. The number of aromatic nitrogens is 5. The van der Waals surface area contributed by atoms with Crippen molar-refractivity contribution in [1.82, 2.24) is 29.7 Å². The van der Waals surface area contributed by atoms with E-state index in [0.29, 0.717) is 0 Å². The van der Waals surface area contributed by atoms with Crippen molar-refractivity contribution in [3.63, 3.8) is 0 Å². The van der Waals surface area contributed by atoms with E-state index in [4.69, 9.17) is 11.6 Å². The third-order valence-electron chi connectivity index (χ3n) is 3.74. The maximum absolute atomic E-state index is 6.35. The summed E-state index contributed by atoms with van der Waals surface area (Å²) in [6, 6.07) is 0.0963. The van der Waals surface area contributed by atoms with Crippen molar-refractivity contribution in [2.75, 3.05) is 7.05 Å². The molecule has 0 bridgehead atoms. The van der Waals surface area contributed by atoms with E-state index in [2.05, 4.69) is 20.5 Å². The number of likely N-dealkylation sites (N-methyl/N-ethyl adjacent to an activating group) is 1. The molecule has 0 aliphatic rings. The molecule has 0 aliphatic heterocycles. The summed E-state index contributed by atoms with van der Waals surface area (Å²) in [4.78, 5) is 4.18. The molecule has 7 heteroatoms. The van der Waals surface area contributed by atoms with Gasteiger partial charge in [-0.2, -0.15) is 10.2 Å². The van der Waals surface area contributed by atoms with Crippen LogP contribution in [0.2, 0.25) is 5.02 Å². The minimum Gasteiger partial charge on any atom is -0.313 e. The Balaban J connectivity index is 1.99. The second-order valence-electron chi connectivity index (χ2n) is 5.02. The van der Waals surface area contributed by atoms with E-state index in [0.717, 1.165) is 33.9 Å². The zero-order valence-electron chi connectivity index (χ0n) is 12.2. The van der Waals surface area contributed by atoms with Crippen LogP contribution in [0, 0.1) is 6.92 Å². The number of nitrogens with one attached hydrogen (secondary N) is 1. The second kappa shape index (κ2) is 5.46. The smallest absolute Gasteiger partial charge is 0.0892 e. The lowest BCUT2D eigenvalue weighted by atomic mass is 10.0. The summed E-state index contributed by atoms with van der Waals surface area (Å²) in [6.07, 6.45) is 7.99. The molecule has 0 aliphatic carbocycles. The average Bonchev–Trinajstić information content (AvgIpc) is 3.00. The molecular formula is C14H17ClN6. The van der Waals surface area contributed by atoms with Crippen LogP contribution in [-0.4, -0.2) is 31.4 Å². The first kappa shape index (κ1) is 14.0. The number of hydrogen-bond acceptors (Lipinski definition) is 4. The lowest BCUT2D eigenvalue weighted by Crippen LogP contribution is -2.20. The molecule has 0 radical (unpaired) electrons. The van der Waals surface area contributed by atoms with Gasteiger partial charge in [-0.25, -0.2) is 4.52 Å². The lowest BCUT2D eigenvalue weighted by Gasteiger charge is -2.15. The van der Waals surface area contributed by atoms with Crippen molar-refractivity contribution in [3.05, 3.63) is 46.8 Å². The van der Waals surface area contributed by atoms with E-state index >= 15 is 0 Å². The van der Waals surface area contributed by atoms with Gasteiger partial charge < -0.3 is 5.32 Å². The third kappa shape index (κ3) is 2.41. The van der Waals surface area contributed by atoms with Gasteiger partial charge in [0, 0.05) is 37.5 Å². The highest BCUT2D eigenvalue weighted by atomic mass is 35.5. The Kier molecular flexibility index (Phi) is 3.65. The van der Waals surface area contributed by atoms with Crippen molar-refractivity contribution in [1.29, 1.82) is 0 Å². The van der Waals surface area contributed by atoms with Gasteiger partial charge in [0.2, 0.25) is 0 Å². The predicted octanol–water partition coefficient (Wildman–Crippen LogP) is 1.93. The monoisotopic (exact) mass is 304 g/mol. The molecule has 3 heterocycles. The van der Waals surface area contributed by atoms with Crippen molar-refractivity contribution in [2.24, 2.45) is 7.05 Å². The number of fused-ring (bicyclic) bond motifs is 1. The van der Waals surface area contributed by atoms with Crippen LogP contribution in [-0.2, 0) is 13.5 Å². The van der Waals surface area contributed by atoms with Gasteiger partial charge in [-0.05, 0) is 14.0 Å². The number of hydrogen-bond donors (Lipinski definition) is 1. The molecule has 0 saturated carbocycles. The maximum Gasteiger partial charge on any atom is 0.0892 e. The summed E-state index contributed by atoms with van der Waals surface area (Å²) in [6.45, 7) is 1.92. The van der Waals surface area contributed by atoms with Gasteiger partial charge in [0.1, 0.15) is 0 Å². The Morgan fingerprint density at radius 3 is 2.86 bits per heavy atom. The lowest BCUT2D eigenvalue weighted by molar-refractivity contribution is 0.564. The number of halogens is 1. The van der Waals surface area contributed by atoms with Crippen LogP contribution in [0.5, 0.6) is 0 Å². The molecule has 6 nitrogen and oxygen atoms in total. The molecule has 0 fully saturated rings. The van der Waals surface area contributed by atoms with Crippen molar-refractivity contribution in [3.8, 4) is 0 Å². The zero-order chi connectivity index (χ0) is 15.0. The molecule has 1 N–H and O–H groups in total. The minimum atomic E-state index is 0.0963. The van der Waals surface area contributed by atoms with Gasteiger partial charge in [-0.1, -0.05) is 11.6 Å². The normalized spacial score (nSPS) is 13.0. The summed E-state index contributed by atoms with van der Waals surface area (Å²) in [5.74, 6) is 0. The molecule has 21 heavy (non-hydrogen) atoms. The quantitative estimate of drug-likeness (QED) is 0.800. The first-order chi connectivity index (χ1) is 10.1. The van der Waals surface area contributed by atoms with E-state index in [1.807, 2.05) is 48.8 Å². The molecule has 1 atom stereocenters. The van der Waals surface area contributed by atoms with Crippen LogP contribution in [0.3, 0.4) is 0 Å². The Bertz CT molecular complexity index is 775. The van der Waals surface area contributed by atoms with Crippen LogP contribution < -0.4 is 5.32 Å². The highest BCUT2D eigenvalue weighted by molar-refractivity contribution is 6.31. The minimum absolute atomic E-state index is 0.0963.